The van der Waals surface area contributed by atoms with E-state index in [-0.39, 0.29) is 12.0 Å². The molecule has 28 heavy (non-hydrogen) atoms. The van der Waals surface area contributed by atoms with E-state index in [1.807, 2.05) is 64.3 Å². The predicted octanol–water partition coefficient (Wildman–Crippen LogP) is 3.62. The number of likely N-dealkylation sites (tertiary alicyclic amines) is 1. The number of piperidine rings is 1. The molecule has 2 heterocycles. The summed E-state index contributed by atoms with van der Waals surface area (Å²) in [6.07, 6.45) is 6.13. The van der Waals surface area contributed by atoms with E-state index in [9.17, 15) is 4.79 Å². The van der Waals surface area contributed by atoms with Gasteiger partial charge >= 0.3 is 0 Å². The Balaban J connectivity index is 1.24. The maximum absolute atomic E-state index is 12.6. The van der Waals surface area contributed by atoms with Crippen molar-refractivity contribution in [2.24, 2.45) is 0 Å². The van der Waals surface area contributed by atoms with E-state index in [1.54, 1.807) is 6.20 Å². The Kier molecular flexibility index (Phi) is 5.83. The van der Waals surface area contributed by atoms with Crippen molar-refractivity contribution in [2.45, 2.75) is 32.0 Å². The van der Waals surface area contributed by atoms with Gasteiger partial charge in [-0.3, -0.25) is 4.79 Å². The Morgan fingerprint density at radius 1 is 0.964 bits per heavy atom. The molecule has 1 amide bonds. The van der Waals surface area contributed by atoms with E-state index < -0.39 is 0 Å². The van der Waals surface area contributed by atoms with Gasteiger partial charge < -0.3 is 9.64 Å². The van der Waals surface area contributed by atoms with Crippen molar-refractivity contribution in [2.75, 3.05) is 13.1 Å². The summed E-state index contributed by atoms with van der Waals surface area (Å²) >= 11 is 0. The number of rotatable bonds is 6. The van der Waals surface area contributed by atoms with Gasteiger partial charge in [0.25, 0.3) is 0 Å². The lowest BCUT2D eigenvalue weighted by Crippen LogP contribution is -2.41. The first-order chi connectivity index (χ1) is 13.8. The van der Waals surface area contributed by atoms with E-state index in [0.29, 0.717) is 13.0 Å². The first-order valence-electron chi connectivity index (χ1n) is 9.80. The molecule has 0 radical (unpaired) electrons. The van der Waals surface area contributed by atoms with Crippen LogP contribution in [0.3, 0.4) is 0 Å². The van der Waals surface area contributed by atoms with E-state index in [0.717, 1.165) is 37.2 Å². The van der Waals surface area contributed by atoms with Crippen LogP contribution < -0.4 is 0 Å². The van der Waals surface area contributed by atoms with Gasteiger partial charge in [0.15, 0.2) is 0 Å². The second-order valence-corrected chi connectivity index (χ2v) is 7.17. The number of carbonyl (C=O) groups is 1. The number of hydrogen-bond donors (Lipinski definition) is 0. The topological polar surface area (TPSA) is 47.4 Å². The minimum absolute atomic E-state index is 0.188. The van der Waals surface area contributed by atoms with Gasteiger partial charge in [-0.05, 0) is 42.2 Å². The lowest BCUT2D eigenvalue weighted by Gasteiger charge is -2.32. The third-order valence-electron chi connectivity index (χ3n) is 5.18. The molecule has 0 unspecified atom stereocenters. The lowest BCUT2D eigenvalue weighted by molar-refractivity contribution is -0.133. The number of hydrogen-bond acceptors (Lipinski definition) is 3. The smallest absolute Gasteiger partial charge is 0.226 e. The molecule has 1 aliphatic heterocycles. The Bertz CT molecular complexity index is 868. The van der Waals surface area contributed by atoms with Crippen molar-refractivity contribution in [1.29, 1.82) is 0 Å². The SMILES string of the molecule is O=C(Cc1ccc(-n2cccn2)cc1)N1CCC(OCc2ccccc2)CC1. The number of benzene rings is 2. The monoisotopic (exact) mass is 375 g/mol. The van der Waals surface area contributed by atoms with Crippen LogP contribution in [-0.2, 0) is 22.6 Å². The van der Waals surface area contributed by atoms with Gasteiger partial charge in [0.2, 0.25) is 5.91 Å². The number of amides is 1. The van der Waals surface area contributed by atoms with Crippen LogP contribution in [0.1, 0.15) is 24.0 Å². The van der Waals surface area contributed by atoms with E-state index >= 15 is 0 Å². The average Bonchev–Trinajstić information content (AvgIpc) is 3.29. The normalized spacial score (nSPS) is 14.9. The maximum atomic E-state index is 12.6. The highest BCUT2D eigenvalue weighted by molar-refractivity contribution is 5.79. The zero-order valence-electron chi connectivity index (χ0n) is 15.9. The molecule has 0 aliphatic carbocycles. The van der Waals surface area contributed by atoms with Gasteiger partial charge in [-0.15, -0.1) is 0 Å². The summed E-state index contributed by atoms with van der Waals surface area (Å²) in [5, 5.41) is 4.22. The summed E-state index contributed by atoms with van der Waals surface area (Å²) in [5.74, 6) is 0.188. The van der Waals surface area contributed by atoms with Crippen molar-refractivity contribution >= 4 is 5.91 Å². The third kappa shape index (κ3) is 4.67. The molecule has 144 valence electrons. The highest BCUT2D eigenvalue weighted by Gasteiger charge is 2.23. The summed E-state index contributed by atoms with van der Waals surface area (Å²) < 4.78 is 7.83. The molecule has 0 atom stereocenters. The van der Waals surface area contributed by atoms with Gasteiger partial charge in [0.05, 0.1) is 24.8 Å². The number of carbonyl (C=O) groups excluding carboxylic acids is 1. The third-order valence-corrected chi connectivity index (χ3v) is 5.18. The average molecular weight is 375 g/mol. The quantitative estimate of drug-likeness (QED) is 0.661. The van der Waals surface area contributed by atoms with Crippen LogP contribution in [0.5, 0.6) is 0 Å². The minimum atomic E-state index is 0.188. The molecule has 4 rings (SSSR count). The Hall–Kier alpha value is -2.92. The van der Waals surface area contributed by atoms with Gasteiger partial charge in [0, 0.05) is 25.5 Å². The maximum Gasteiger partial charge on any atom is 0.226 e. The first-order valence-corrected chi connectivity index (χ1v) is 9.80. The molecule has 5 heteroatoms. The summed E-state index contributed by atoms with van der Waals surface area (Å²) in [6.45, 7) is 2.18. The molecule has 3 aromatic rings. The molecular formula is C23H25N3O2. The van der Waals surface area contributed by atoms with E-state index in [4.69, 9.17) is 4.74 Å². The van der Waals surface area contributed by atoms with Crippen LogP contribution in [0.25, 0.3) is 5.69 Å². The molecule has 0 bridgehead atoms. The molecular weight excluding hydrogens is 350 g/mol. The first kappa shape index (κ1) is 18.4. The summed E-state index contributed by atoms with van der Waals surface area (Å²) in [4.78, 5) is 14.6. The fourth-order valence-corrected chi connectivity index (χ4v) is 3.53. The van der Waals surface area contributed by atoms with Crippen LogP contribution in [0, 0.1) is 0 Å². The fourth-order valence-electron chi connectivity index (χ4n) is 3.53. The van der Waals surface area contributed by atoms with Crippen LogP contribution in [0.4, 0.5) is 0 Å². The molecule has 5 nitrogen and oxygen atoms in total. The number of ether oxygens (including phenoxy) is 1. The van der Waals surface area contributed by atoms with Crippen molar-refractivity contribution in [1.82, 2.24) is 14.7 Å². The second-order valence-electron chi connectivity index (χ2n) is 7.17. The Labute approximate surface area is 165 Å². The van der Waals surface area contributed by atoms with Gasteiger partial charge in [0.1, 0.15) is 0 Å². The number of nitrogens with zero attached hydrogens (tertiary/aromatic N) is 3. The highest BCUT2D eigenvalue weighted by Crippen LogP contribution is 2.17. The van der Waals surface area contributed by atoms with Crippen molar-refractivity contribution in [3.63, 3.8) is 0 Å². The molecule has 0 spiro atoms. The highest BCUT2D eigenvalue weighted by atomic mass is 16.5. The predicted molar refractivity (Wildman–Crippen MR) is 108 cm³/mol. The fraction of sp³-hybridized carbons (Fsp3) is 0.304. The molecule has 1 aromatic heterocycles. The minimum Gasteiger partial charge on any atom is -0.373 e. The van der Waals surface area contributed by atoms with Crippen molar-refractivity contribution < 1.29 is 9.53 Å². The van der Waals surface area contributed by atoms with Gasteiger partial charge in [-0.2, -0.15) is 5.10 Å². The molecule has 2 aromatic carbocycles. The molecule has 1 saturated heterocycles. The number of aromatic nitrogens is 2. The zero-order chi connectivity index (χ0) is 19.2. The van der Waals surface area contributed by atoms with Crippen LogP contribution in [0.15, 0.2) is 73.1 Å². The van der Waals surface area contributed by atoms with Crippen LogP contribution in [0.2, 0.25) is 0 Å². The van der Waals surface area contributed by atoms with Crippen molar-refractivity contribution in [3.8, 4) is 5.69 Å². The van der Waals surface area contributed by atoms with E-state index in [1.165, 1.54) is 5.56 Å². The zero-order valence-corrected chi connectivity index (χ0v) is 15.9. The summed E-state index contributed by atoms with van der Waals surface area (Å²) in [6, 6.07) is 20.1. The van der Waals surface area contributed by atoms with Crippen LogP contribution in [-0.4, -0.2) is 39.8 Å². The molecule has 0 saturated carbocycles. The van der Waals surface area contributed by atoms with Gasteiger partial charge in [-0.25, -0.2) is 4.68 Å². The molecule has 1 aliphatic rings. The largest absolute Gasteiger partial charge is 0.373 e. The second kappa shape index (κ2) is 8.85. The Morgan fingerprint density at radius 3 is 2.39 bits per heavy atom. The summed E-state index contributed by atoms with van der Waals surface area (Å²) in [7, 11) is 0. The van der Waals surface area contributed by atoms with Gasteiger partial charge in [-0.1, -0.05) is 42.5 Å². The molecule has 1 fully saturated rings. The van der Waals surface area contributed by atoms with Crippen LogP contribution >= 0.6 is 0 Å². The summed E-state index contributed by atoms with van der Waals surface area (Å²) in [5.41, 5.74) is 3.22. The Morgan fingerprint density at radius 2 is 1.71 bits per heavy atom. The van der Waals surface area contributed by atoms with Crippen molar-refractivity contribution in [3.05, 3.63) is 84.2 Å². The lowest BCUT2D eigenvalue weighted by atomic mass is 10.1. The van der Waals surface area contributed by atoms with E-state index in [2.05, 4.69) is 17.2 Å². The molecule has 0 N–H and O–H groups in total. The standard InChI is InChI=1S/C23H25N3O2/c27-23(17-19-7-9-21(10-8-19)26-14-4-13-24-26)25-15-11-22(12-16-25)28-18-20-5-2-1-3-6-20/h1-10,13-14,22H,11-12,15-18H2.